The van der Waals surface area contributed by atoms with E-state index in [4.69, 9.17) is 0 Å². The van der Waals surface area contributed by atoms with E-state index in [9.17, 15) is 23.3 Å². The van der Waals surface area contributed by atoms with Gasteiger partial charge in [0.2, 0.25) is 15.9 Å². The van der Waals surface area contributed by atoms with Crippen molar-refractivity contribution < 1.29 is 18.1 Å². The summed E-state index contributed by atoms with van der Waals surface area (Å²) in [5, 5.41) is 14.5. The Morgan fingerprint density at radius 2 is 1.97 bits per heavy atom. The molecule has 0 saturated carbocycles. The molecule has 2 aliphatic heterocycles. The highest BCUT2D eigenvalue weighted by Crippen LogP contribution is 2.30. The standard InChI is InChI=1S/C19H28N4O5S/c1-15-7-12-22(13-8-15)29(27,28)16-5-6-17(18(14-16)23(25)26)20-9-3-11-21-10-2-4-19(21)24/h5-6,14-15,20H,2-4,7-13H2,1H3. The van der Waals surface area contributed by atoms with Crippen LogP contribution in [-0.2, 0) is 14.8 Å². The number of hydrogen-bond acceptors (Lipinski definition) is 6. The summed E-state index contributed by atoms with van der Waals surface area (Å²) in [4.78, 5) is 24.3. The minimum absolute atomic E-state index is 0.0491. The predicted molar refractivity (Wildman–Crippen MR) is 109 cm³/mol. The van der Waals surface area contributed by atoms with Gasteiger partial charge in [0.15, 0.2) is 0 Å². The van der Waals surface area contributed by atoms with Crippen LogP contribution in [0, 0.1) is 16.0 Å². The molecule has 0 spiro atoms. The molecular weight excluding hydrogens is 396 g/mol. The van der Waals surface area contributed by atoms with Gasteiger partial charge in [0.1, 0.15) is 5.69 Å². The Kier molecular flexibility index (Phi) is 6.74. The third kappa shape index (κ3) is 5.05. The van der Waals surface area contributed by atoms with Crippen LogP contribution >= 0.6 is 0 Å². The van der Waals surface area contributed by atoms with Gasteiger partial charge in [-0.3, -0.25) is 14.9 Å². The Labute approximate surface area is 171 Å². The molecule has 0 atom stereocenters. The van der Waals surface area contributed by atoms with Crippen LogP contribution in [0.25, 0.3) is 0 Å². The summed E-state index contributed by atoms with van der Waals surface area (Å²) in [5.41, 5.74) is 0.0302. The third-order valence-corrected chi connectivity index (χ3v) is 7.53. The number of carbonyl (C=O) groups is 1. The zero-order valence-electron chi connectivity index (χ0n) is 16.7. The minimum Gasteiger partial charge on any atom is -0.379 e. The van der Waals surface area contributed by atoms with Crippen LogP contribution < -0.4 is 5.32 Å². The van der Waals surface area contributed by atoms with Crippen LogP contribution in [0.1, 0.15) is 39.0 Å². The van der Waals surface area contributed by atoms with Gasteiger partial charge in [0.05, 0.1) is 9.82 Å². The van der Waals surface area contributed by atoms with E-state index in [2.05, 4.69) is 12.2 Å². The number of likely N-dealkylation sites (tertiary alicyclic amines) is 1. The van der Waals surface area contributed by atoms with E-state index in [1.807, 2.05) is 0 Å². The fourth-order valence-corrected chi connectivity index (χ4v) is 5.27. The molecule has 1 N–H and O–H groups in total. The second-order valence-corrected chi connectivity index (χ2v) is 9.73. The van der Waals surface area contributed by atoms with Crippen LogP contribution in [0.5, 0.6) is 0 Å². The van der Waals surface area contributed by atoms with E-state index in [-0.39, 0.29) is 22.2 Å². The van der Waals surface area contributed by atoms with Gasteiger partial charge in [-0.2, -0.15) is 4.31 Å². The molecule has 0 aromatic heterocycles. The number of rotatable bonds is 8. The highest BCUT2D eigenvalue weighted by molar-refractivity contribution is 7.89. The van der Waals surface area contributed by atoms with E-state index in [1.165, 1.54) is 16.4 Å². The number of sulfonamides is 1. The van der Waals surface area contributed by atoms with E-state index >= 15 is 0 Å². The summed E-state index contributed by atoms with van der Waals surface area (Å²) in [7, 11) is -3.74. The van der Waals surface area contributed by atoms with Gasteiger partial charge in [-0.15, -0.1) is 0 Å². The summed E-state index contributed by atoms with van der Waals surface area (Å²) in [5.74, 6) is 0.635. The lowest BCUT2D eigenvalue weighted by atomic mass is 10.0. The van der Waals surface area contributed by atoms with Crippen molar-refractivity contribution in [3.8, 4) is 0 Å². The average Bonchev–Trinajstić information content (AvgIpc) is 3.10. The average molecular weight is 425 g/mol. The Morgan fingerprint density at radius 1 is 1.24 bits per heavy atom. The lowest BCUT2D eigenvalue weighted by Crippen LogP contribution is -2.37. The summed E-state index contributed by atoms with van der Waals surface area (Å²) < 4.78 is 27.1. The molecule has 3 rings (SSSR count). The van der Waals surface area contributed by atoms with Crippen molar-refractivity contribution in [2.75, 3.05) is 38.0 Å². The number of nitro groups is 1. The molecule has 29 heavy (non-hydrogen) atoms. The number of piperidine rings is 1. The molecule has 2 fully saturated rings. The molecular formula is C19H28N4O5S. The molecule has 0 aliphatic carbocycles. The van der Waals surface area contributed by atoms with Crippen molar-refractivity contribution in [1.82, 2.24) is 9.21 Å². The molecule has 0 bridgehead atoms. The first-order chi connectivity index (χ1) is 13.8. The number of hydrogen-bond donors (Lipinski definition) is 1. The minimum atomic E-state index is -3.74. The molecule has 2 saturated heterocycles. The molecule has 1 aromatic rings. The second-order valence-electron chi connectivity index (χ2n) is 7.79. The van der Waals surface area contributed by atoms with Gasteiger partial charge in [-0.25, -0.2) is 8.42 Å². The van der Waals surface area contributed by atoms with E-state index in [0.717, 1.165) is 31.9 Å². The zero-order valence-corrected chi connectivity index (χ0v) is 17.5. The molecule has 1 aromatic carbocycles. The molecule has 2 heterocycles. The maximum absolute atomic E-state index is 12.9. The van der Waals surface area contributed by atoms with Crippen LogP contribution in [0.3, 0.4) is 0 Å². The van der Waals surface area contributed by atoms with Gasteiger partial charge >= 0.3 is 0 Å². The monoisotopic (exact) mass is 424 g/mol. The number of anilines is 1. The van der Waals surface area contributed by atoms with Gasteiger partial charge in [-0.1, -0.05) is 6.92 Å². The Balaban J connectivity index is 1.66. The maximum Gasteiger partial charge on any atom is 0.293 e. The number of benzene rings is 1. The van der Waals surface area contributed by atoms with Gasteiger partial charge < -0.3 is 10.2 Å². The highest BCUT2D eigenvalue weighted by Gasteiger charge is 2.30. The first kappa shape index (κ1) is 21.5. The predicted octanol–water partition coefficient (Wildman–Crippen LogP) is 2.44. The van der Waals surface area contributed by atoms with Gasteiger partial charge in [0, 0.05) is 45.2 Å². The summed E-state index contributed by atoms with van der Waals surface area (Å²) >= 11 is 0. The van der Waals surface area contributed by atoms with Gasteiger partial charge in [0.25, 0.3) is 5.69 Å². The number of amides is 1. The molecule has 0 unspecified atom stereocenters. The van der Waals surface area contributed by atoms with Crippen LogP contribution in [-0.4, -0.2) is 61.2 Å². The fraction of sp³-hybridized carbons (Fsp3) is 0.632. The summed E-state index contributed by atoms with van der Waals surface area (Å²) in [6.07, 6.45) is 3.71. The van der Waals surface area contributed by atoms with Crippen molar-refractivity contribution in [2.45, 2.75) is 43.9 Å². The van der Waals surface area contributed by atoms with Crippen molar-refractivity contribution >= 4 is 27.3 Å². The Bertz CT molecular complexity index is 865. The van der Waals surface area contributed by atoms with Crippen molar-refractivity contribution in [1.29, 1.82) is 0 Å². The quantitative estimate of drug-likeness (QED) is 0.390. The van der Waals surface area contributed by atoms with E-state index < -0.39 is 14.9 Å². The molecule has 2 aliphatic rings. The zero-order chi connectivity index (χ0) is 21.0. The number of nitrogens with one attached hydrogen (secondary N) is 1. The topological polar surface area (TPSA) is 113 Å². The number of carbonyl (C=O) groups excluding carboxylic acids is 1. The van der Waals surface area contributed by atoms with E-state index in [1.54, 1.807) is 4.90 Å². The SMILES string of the molecule is CC1CCN(S(=O)(=O)c2ccc(NCCCN3CCCC3=O)c([N+](=O)[O-])c2)CC1. The number of nitrogens with zero attached hydrogens (tertiary/aromatic N) is 3. The number of nitro benzene ring substituents is 1. The molecule has 160 valence electrons. The van der Waals surface area contributed by atoms with Crippen LogP contribution in [0.15, 0.2) is 23.1 Å². The summed E-state index contributed by atoms with van der Waals surface area (Å²) in [6.45, 7) is 4.80. The van der Waals surface area contributed by atoms with Crippen LogP contribution in [0.4, 0.5) is 11.4 Å². The normalized spacial score (nSPS) is 18.9. The second kappa shape index (κ2) is 9.08. The van der Waals surface area contributed by atoms with Crippen molar-refractivity contribution in [3.63, 3.8) is 0 Å². The van der Waals surface area contributed by atoms with Crippen LogP contribution in [0.2, 0.25) is 0 Å². The first-order valence-corrected chi connectivity index (χ1v) is 11.5. The smallest absolute Gasteiger partial charge is 0.293 e. The van der Waals surface area contributed by atoms with Crippen molar-refractivity contribution in [3.05, 3.63) is 28.3 Å². The Morgan fingerprint density at radius 3 is 2.59 bits per heavy atom. The molecule has 9 nitrogen and oxygen atoms in total. The maximum atomic E-state index is 12.9. The largest absolute Gasteiger partial charge is 0.379 e. The fourth-order valence-electron chi connectivity index (χ4n) is 3.78. The lowest BCUT2D eigenvalue weighted by Gasteiger charge is -2.29. The molecule has 1 amide bonds. The third-order valence-electron chi connectivity index (χ3n) is 5.64. The highest BCUT2D eigenvalue weighted by atomic mass is 32.2. The van der Waals surface area contributed by atoms with Crippen molar-refractivity contribution in [2.24, 2.45) is 5.92 Å². The van der Waals surface area contributed by atoms with Gasteiger partial charge in [-0.05, 0) is 43.7 Å². The first-order valence-electron chi connectivity index (χ1n) is 10.1. The molecule has 0 radical (unpaired) electrons. The lowest BCUT2D eigenvalue weighted by molar-refractivity contribution is -0.384. The summed E-state index contributed by atoms with van der Waals surface area (Å²) in [6, 6.07) is 4.02. The Hall–Kier alpha value is -2.20. The van der Waals surface area contributed by atoms with E-state index in [0.29, 0.717) is 44.9 Å². The molecule has 10 heteroatoms.